The van der Waals surface area contributed by atoms with Gasteiger partial charge in [0.2, 0.25) is 0 Å². The summed E-state index contributed by atoms with van der Waals surface area (Å²) in [7, 11) is 0. The molecule has 0 saturated carbocycles. The van der Waals surface area contributed by atoms with Crippen LogP contribution in [-0.2, 0) is 0 Å². The van der Waals surface area contributed by atoms with Gasteiger partial charge in [-0.05, 0) is 56.6 Å². The Labute approximate surface area is 105 Å². The molecule has 0 aliphatic heterocycles. The summed E-state index contributed by atoms with van der Waals surface area (Å²) in [6.45, 7) is 0. The molecule has 4 aromatic carbocycles. The summed E-state index contributed by atoms with van der Waals surface area (Å²) in [6, 6.07) is 27.7. The van der Waals surface area contributed by atoms with Crippen molar-refractivity contribution in [3.63, 3.8) is 0 Å². The molecule has 0 nitrogen and oxygen atoms in total. The lowest BCUT2D eigenvalue weighted by Gasteiger charge is -2.06. The highest BCUT2D eigenvalue weighted by atomic mass is 14.1. The Bertz CT molecular complexity index is 797. The zero-order chi connectivity index (χ0) is 11.9. The highest BCUT2D eigenvalue weighted by Gasteiger charge is 2.03. The maximum absolute atomic E-state index is 3.42. The molecular weight excluding hydrogens is 216 g/mol. The van der Waals surface area contributed by atoms with Crippen LogP contribution in [0.25, 0.3) is 32.3 Å². The summed E-state index contributed by atoms with van der Waals surface area (Å²) in [6.07, 6.45) is 0. The maximum Gasteiger partial charge on any atom is -0.00197 e. The lowest BCUT2D eigenvalue weighted by Crippen LogP contribution is -1.80. The smallest absolute Gasteiger partial charge is 0.00197 e. The van der Waals surface area contributed by atoms with Gasteiger partial charge < -0.3 is 0 Å². The van der Waals surface area contributed by atoms with Crippen LogP contribution >= 0.6 is 0 Å². The Morgan fingerprint density at radius 2 is 1.39 bits per heavy atom. The molecule has 4 aromatic rings. The van der Waals surface area contributed by atoms with Crippen LogP contribution in [0.5, 0.6) is 0 Å². The Kier molecular flexibility index (Phi) is 1.92. The number of fused-ring (bicyclic) bond motifs is 5. The average Bonchev–Trinajstić information content (AvgIpc) is 2.46. The molecule has 82 valence electrons. The molecule has 18 heavy (non-hydrogen) atoms. The van der Waals surface area contributed by atoms with Gasteiger partial charge in [-0.15, -0.1) is 0 Å². The highest BCUT2D eigenvalue weighted by molar-refractivity contribution is 6.16. The van der Waals surface area contributed by atoms with Gasteiger partial charge in [-0.3, -0.25) is 0 Å². The standard InChI is InChI=1S/C18H10/c1-3-7-15-13(5-1)9-11-18-16-8-4-2-6-14(16)10-12-17(15)18/h1-9,12H. The van der Waals surface area contributed by atoms with E-state index in [0.717, 1.165) is 5.39 Å². The first-order valence-corrected chi connectivity index (χ1v) is 6.06. The van der Waals surface area contributed by atoms with E-state index in [1.165, 1.54) is 26.9 Å². The molecule has 0 bridgehead atoms. The highest BCUT2D eigenvalue weighted by Crippen LogP contribution is 2.30. The lowest BCUT2D eigenvalue weighted by atomic mass is 9.97. The van der Waals surface area contributed by atoms with E-state index in [1.807, 2.05) is 6.07 Å². The molecule has 0 amide bonds. The summed E-state index contributed by atoms with van der Waals surface area (Å²) < 4.78 is 0. The predicted octanol–water partition coefficient (Wildman–Crippen LogP) is 4.75. The third-order valence-corrected chi connectivity index (χ3v) is 3.46. The predicted molar refractivity (Wildman–Crippen MR) is 76.6 cm³/mol. The van der Waals surface area contributed by atoms with Crippen molar-refractivity contribution in [1.82, 2.24) is 0 Å². The first-order valence-electron chi connectivity index (χ1n) is 6.06. The molecule has 0 fully saturated rings. The monoisotopic (exact) mass is 226 g/mol. The van der Waals surface area contributed by atoms with Gasteiger partial charge in [0, 0.05) is 0 Å². The van der Waals surface area contributed by atoms with E-state index in [4.69, 9.17) is 0 Å². The van der Waals surface area contributed by atoms with Crippen molar-refractivity contribution in [2.45, 2.75) is 0 Å². The number of rotatable bonds is 0. The molecule has 0 heterocycles. The topological polar surface area (TPSA) is 0 Å². The summed E-state index contributed by atoms with van der Waals surface area (Å²) in [4.78, 5) is 0. The minimum atomic E-state index is 1.15. The van der Waals surface area contributed by atoms with E-state index >= 15 is 0 Å². The van der Waals surface area contributed by atoms with E-state index in [1.54, 1.807) is 0 Å². The molecule has 2 radical (unpaired) electrons. The first-order chi connectivity index (χ1) is 8.93. The largest absolute Gasteiger partial charge is 0.0616 e. The van der Waals surface area contributed by atoms with E-state index in [0.29, 0.717) is 0 Å². The van der Waals surface area contributed by atoms with Crippen molar-refractivity contribution in [3.8, 4) is 0 Å². The number of hydrogen-bond acceptors (Lipinski definition) is 0. The quantitative estimate of drug-likeness (QED) is 0.380. The van der Waals surface area contributed by atoms with Crippen LogP contribution in [0.4, 0.5) is 0 Å². The second kappa shape index (κ2) is 3.58. The summed E-state index contributed by atoms with van der Waals surface area (Å²) in [5.41, 5.74) is 0. The van der Waals surface area contributed by atoms with Gasteiger partial charge in [0.05, 0.1) is 0 Å². The molecule has 0 atom stereocenters. The van der Waals surface area contributed by atoms with Crippen LogP contribution in [0, 0.1) is 12.1 Å². The van der Waals surface area contributed by atoms with Crippen LogP contribution in [-0.4, -0.2) is 0 Å². The van der Waals surface area contributed by atoms with Crippen molar-refractivity contribution in [3.05, 3.63) is 72.8 Å². The first kappa shape index (κ1) is 9.67. The Balaban J connectivity index is 2.31. The van der Waals surface area contributed by atoms with Crippen LogP contribution in [0.3, 0.4) is 0 Å². The van der Waals surface area contributed by atoms with Crippen LogP contribution in [0.2, 0.25) is 0 Å². The van der Waals surface area contributed by atoms with Crippen molar-refractivity contribution < 1.29 is 0 Å². The fraction of sp³-hybridized carbons (Fsp3) is 0. The van der Waals surface area contributed by atoms with E-state index < -0.39 is 0 Å². The van der Waals surface area contributed by atoms with Crippen molar-refractivity contribution in [2.75, 3.05) is 0 Å². The van der Waals surface area contributed by atoms with E-state index in [2.05, 4.69) is 66.7 Å². The second-order valence-corrected chi connectivity index (χ2v) is 4.50. The molecule has 4 rings (SSSR count). The minimum Gasteiger partial charge on any atom is -0.0616 e. The number of benzene rings is 4. The third kappa shape index (κ3) is 1.26. The van der Waals surface area contributed by atoms with Crippen molar-refractivity contribution in [2.24, 2.45) is 0 Å². The van der Waals surface area contributed by atoms with Crippen molar-refractivity contribution in [1.29, 1.82) is 0 Å². The summed E-state index contributed by atoms with van der Waals surface area (Å²) >= 11 is 0. The van der Waals surface area contributed by atoms with Gasteiger partial charge >= 0.3 is 0 Å². The fourth-order valence-corrected chi connectivity index (χ4v) is 2.58. The molecule has 0 unspecified atom stereocenters. The van der Waals surface area contributed by atoms with Crippen LogP contribution in [0.1, 0.15) is 0 Å². The van der Waals surface area contributed by atoms with Crippen molar-refractivity contribution >= 4 is 32.3 Å². The van der Waals surface area contributed by atoms with Crippen LogP contribution in [0.15, 0.2) is 60.7 Å². The maximum atomic E-state index is 3.42. The van der Waals surface area contributed by atoms with E-state index in [-0.39, 0.29) is 0 Å². The fourth-order valence-electron chi connectivity index (χ4n) is 2.58. The Morgan fingerprint density at radius 3 is 2.33 bits per heavy atom. The normalized spacial score (nSPS) is 11.3. The lowest BCUT2D eigenvalue weighted by molar-refractivity contribution is 1.76. The Morgan fingerprint density at radius 1 is 0.611 bits per heavy atom. The van der Waals surface area contributed by atoms with E-state index in [9.17, 15) is 0 Å². The zero-order valence-electron chi connectivity index (χ0n) is 9.77. The third-order valence-electron chi connectivity index (χ3n) is 3.46. The van der Waals surface area contributed by atoms with Gasteiger partial charge in [0.1, 0.15) is 0 Å². The second-order valence-electron chi connectivity index (χ2n) is 4.50. The van der Waals surface area contributed by atoms with Gasteiger partial charge in [-0.1, -0.05) is 48.5 Å². The van der Waals surface area contributed by atoms with Gasteiger partial charge in [-0.2, -0.15) is 0 Å². The summed E-state index contributed by atoms with van der Waals surface area (Å²) in [5.74, 6) is 0. The molecule has 0 heteroatoms. The van der Waals surface area contributed by atoms with Crippen LogP contribution < -0.4 is 0 Å². The molecule has 0 spiro atoms. The summed E-state index contributed by atoms with van der Waals surface area (Å²) in [5, 5.41) is 7.29. The molecule has 0 N–H and O–H groups in total. The Hall–Kier alpha value is -2.34. The molecule has 0 saturated heterocycles. The minimum absolute atomic E-state index is 1.15. The molecular formula is C18H10. The van der Waals surface area contributed by atoms with Gasteiger partial charge in [0.25, 0.3) is 0 Å². The molecule has 0 aromatic heterocycles. The number of hydrogen-bond donors (Lipinski definition) is 0. The zero-order valence-corrected chi connectivity index (χ0v) is 9.77. The molecule has 0 aliphatic carbocycles. The van der Waals surface area contributed by atoms with Gasteiger partial charge in [0.15, 0.2) is 0 Å². The molecule has 0 aliphatic rings. The SMILES string of the molecule is [c]1cc2c([c]cc3ccccc32)c2ccccc12. The average molecular weight is 226 g/mol. The van der Waals surface area contributed by atoms with Gasteiger partial charge in [-0.25, -0.2) is 0 Å².